The van der Waals surface area contributed by atoms with E-state index in [-0.39, 0.29) is 23.9 Å². The highest BCUT2D eigenvalue weighted by molar-refractivity contribution is 6.02. The lowest BCUT2D eigenvalue weighted by Crippen LogP contribution is -2.77. The summed E-state index contributed by atoms with van der Waals surface area (Å²) in [6.45, 7) is 5.40. The number of nitrogens with one attached hydrogen (secondary N) is 2. The van der Waals surface area contributed by atoms with Crippen molar-refractivity contribution in [2.45, 2.75) is 58.1 Å². The highest BCUT2D eigenvalue weighted by atomic mass is 16.6. The van der Waals surface area contributed by atoms with Gasteiger partial charge in [-0.25, -0.2) is 14.6 Å². The van der Waals surface area contributed by atoms with Gasteiger partial charge in [-0.2, -0.15) is 0 Å². The monoisotopic (exact) mass is 392 g/mol. The van der Waals surface area contributed by atoms with Crippen LogP contribution in [0, 0.1) is 5.92 Å². The van der Waals surface area contributed by atoms with Gasteiger partial charge in [0.05, 0.1) is 16.8 Å². The van der Waals surface area contributed by atoms with E-state index in [1.165, 1.54) is 12.1 Å². The Bertz CT molecular complexity index is 747. The van der Waals surface area contributed by atoms with Crippen LogP contribution in [0.4, 0.5) is 16.2 Å². The first-order valence-electron chi connectivity index (χ1n) is 9.46. The van der Waals surface area contributed by atoms with Crippen molar-refractivity contribution < 1.29 is 29.5 Å². The van der Waals surface area contributed by atoms with Gasteiger partial charge in [-0.15, -0.1) is 0 Å². The quantitative estimate of drug-likeness (QED) is 0.379. The van der Waals surface area contributed by atoms with E-state index in [1.807, 2.05) is 0 Å². The third-order valence-electron chi connectivity index (χ3n) is 4.67. The zero-order valence-electron chi connectivity index (χ0n) is 16.6. The molecule has 1 saturated carbocycles. The Balaban J connectivity index is 2.20. The molecule has 0 unspecified atom stereocenters. The lowest BCUT2D eigenvalue weighted by molar-refractivity contribution is -0.503. The Morgan fingerprint density at radius 3 is 2.46 bits per heavy atom. The minimum absolute atomic E-state index is 0.107. The lowest BCUT2D eigenvalue weighted by Gasteiger charge is -2.21. The largest absolute Gasteiger partial charge is 0.478 e. The first kappa shape index (κ1) is 21.7. The fraction of sp³-hybridized carbons (Fsp3) is 0.550. The zero-order chi connectivity index (χ0) is 20.9. The molecule has 6 N–H and O–H groups in total. The zero-order valence-corrected chi connectivity index (χ0v) is 16.6. The van der Waals surface area contributed by atoms with Crippen LogP contribution in [0.25, 0.3) is 0 Å². The molecule has 1 aliphatic rings. The summed E-state index contributed by atoms with van der Waals surface area (Å²) in [4.78, 5) is 26.9. The van der Waals surface area contributed by atoms with Crippen molar-refractivity contribution in [3.05, 3.63) is 23.3 Å². The number of carboxylic acids is 1. The van der Waals surface area contributed by atoms with Crippen molar-refractivity contribution in [3.63, 3.8) is 0 Å². The number of nitrogens with two attached hydrogens (primary N) is 1. The van der Waals surface area contributed by atoms with Crippen molar-refractivity contribution in [2.24, 2.45) is 5.92 Å². The Hall–Kier alpha value is -2.61. The topological polar surface area (TPSA) is 136 Å². The van der Waals surface area contributed by atoms with E-state index in [2.05, 4.69) is 10.3 Å². The maximum Gasteiger partial charge on any atom is 0.412 e. The van der Waals surface area contributed by atoms with Gasteiger partial charge in [0.15, 0.2) is 12.3 Å². The molecule has 0 aromatic heterocycles. The minimum atomic E-state index is -1.19. The van der Waals surface area contributed by atoms with Crippen molar-refractivity contribution in [2.75, 3.05) is 17.7 Å². The van der Waals surface area contributed by atoms with E-state index < -0.39 is 17.7 Å². The number of nitrogen functional groups attached to an aromatic ring is 1. The second-order valence-corrected chi connectivity index (χ2v) is 8.17. The second-order valence-electron chi connectivity index (χ2n) is 8.17. The number of carboxylic acid groups (broad SMARTS) is 1. The van der Waals surface area contributed by atoms with E-state index in [4.69, 9.17) is 10.5 Å². The molecule has 8 nitrogen and oxygen atoms in total. The van der Waals surface area contributed by atoms with Gasteiger partial charge in [-0.1, -0.05) is 0 Å². The van der Waals surface area contributed by atoms with Crippen molar-refractivity contribution >= 4 is 29.7 Å². The predicted molar refractivity (Wildman–Crippen MR) is 107 cm³/mol. The maximum atomic E-state index is 12.1. The third kappa shape index (κ3) is 6.23. The molecule has 0 bridgehead atoms. The number of aliphatic hydroxyl groups excluding tert-OH is 1. The number of hydrogen-bond donors (Lipinski definition) is 5. The number of aliphatic hydroxyl groups is 1. The molecule has 2 rings (SSSR count). The van der Waals surface area contributed by atoms with Crippen molar-refractivity contribution in [3.8, 4) is 0 Å². The maximum absolute atomic E-state index is 12.1. The molecule has 1 aromatic carbocycles. The predicted octanol–water partition coefficient (Wildman–Crippen LogP) is 1.36. The highest BCUT2D eigenvalue weighted by Crippen LogP contribution is 2.24. The number of amides is 1. The van der Waals surface area contributed by atoms with Crippen LogP contribution in [-0.2, 0) is 4.74 Å². The van der Waals surface area contributed by atoms with Gasteiger partial charge >= 0.3 is 12.1 Å². The summed E-state index contributed by atoms with van der Waals surface area (Å²) in [7, 11) is 0. The molecule has 154 valence electrons. The molecule has 0 heterocycles. The van der Waals surface area contributed by atoms with Gasteiger partial charge < -0.3 is 20.7 Å². The highest BCUT2D eigenvalue weighted by Gasteiger charge is 2.24. The van der Waals surface area contributed by atoms with Crippen LogP contribution in [0.5, 0.6) is 0 Å². The third-order valence-corrected chi connectivity index (χ3v) is 4.67. The van der Waals surface area contributed by atoms with Crippen LogP contribution in [-0.4, -0.2) is 46.7 Å². The Kier molecular flexibility index (Phi) is 7.01. The van der Waals surface area contributed by atoms with Crippen molar-refractivity contribution in [1.82, 2.24) is 0 Å². The van der Waals surface area contributed by atoms with Crippen LogP contribution in [0.2, 0.25) is 0 Å². The minimum Gasteiger partial charge on any atom is -0.478 e. The first-order chi connectivity index (χ1) is 13.1. The smallest absolute Gasteiger partial charge is 0.412 e. The number of benzene rings is 1. The number of hydrogen-bond acceptors (Lipinski definition) is 5. The molecule has 1 aliphatic carbocycles. The molecular weight excluding hydrogens is 362 g/mol. The molecule has 0 spiro atoms. The van der Waals surface area contributed by atoms with E-state index >= 15 is 0 Å². The summed E-state index contributed by atoms with van der Waals surface area (Å²) in [6, 6.07) is 3.11. The summed E-state index contributed by atoms with van der Waals surface area (Å²) in [5, 5.41) is 21.1. The van der Waals surface area contributed by atoms with Gasteiger partial charge in [-0.3, -0.25) is 5.32 Å². The van der Waals surface area contributed by atoms with Crippen LogP contribution < -0.4 is 16.0 Å². The molecule has 1 amide bonds. The molecule has 1 aromatic rings. The van der Waals surface area contributed by atoms with E-state index in [0.717, 1.165) is 25.7 Å². The molecule has 0 aliphatic heterocycles. The number of carbonyl (C=O) groups is 2. The standard InChI is InChI=1S/C20H29N3O5/c1-20(2,3)28-19(27)23-17-8-13(16(21)9-15(17)18(25)26)10-22-14-6-4-12(11-24)5-7-14/h8-10,12,14,24H,4-7,11,21H2,1-3H3,(H,23,27)(H,25,26)/p+1. The lowest BCUT2D eigenvalue weighted by atomic mass is 9.87. The molecule has 0 saturated heterocycles. The molecule has 1 fully saturated rings. The summed E-state index contributed by atoms with van der Waals surface area (Å²) in [5.74, 6) is -0.831. The van der Waals surface area contributed by atoms with Gasteiger partial charge in [0, 0.05) is 25.1 Å². The Morgan fingerprint density at radius 1 is 1.29 bits per heavy atom. The van der Waals surface area contributed by atoms with E-state index in [9.17, 15) is 19.8 Å². The normalized spacial score (nSPS) is 20.1. The van der Waals surface area contributed by atoms with Gasteiger partial charge in [0.25, 0.3) is 0 Å². The number of anilines is 2. The fourth-order valence-electron chi connectivity index (χ4n) is 3.17. The Morgan fingerprint density at radius 2 is 1.93 bits per heavy atom. The van der Waals surface area contributed by atoms with Gasteiger partial charge in [0.1, 0.15) is 5.60 Å². The molecular formula is C20H30N3O5+. The Labute approximate surface area is 164 Å². The second kappa shape index (κ2) is 9.05. The molecule has 0 atom stereocenters. The number of rotatable bonds is 5. The average molecular weight is 392 g/mol. The van der Waals surface area contributed by atoms with Gasteiger partial charge in [0.2, 0.25) is 0 Å². The molecule has 28 heavy (non-hydrogen) atoms. The average Bonchev–Trinajstić information content (AvgIpc) is 2.60. The number of aromatic carboxylic acids is 1. The van der Waals surface area contributed by atoms with Crippen LogP contribution in [0.1, 0.15) is 62.4 Å². The molecule has 8 heteroatoms. The summed E-state index contributed by atoms with van der Waals surface area (Å²) >= 11 is 0. The molecule has 0 radical (unpaired) electrons. The van der Waals surface area contributed by atoms with Crippen LogP contribution in [0.3, 0.4) is 0 Å². The summed E-state index contributed by atoms with van der Waals surface area (Å²) in [5.41, 5.74) is 6.19. The number of ether oxygens (including phenoxy) is 1. The SMILES string of the molecule is CC(C)(C)OC(=O)Nc1cc(C=[NH+]C2CCC(CO)CC2)c(N)cc1C(=O)O. The van der Waals surface area contributed by atoms with E-state index in [1.54, 1.807) is 27.0 Å². The first-order valence-corrected chi connectivity index (χ1v) is 9.46. The van der Waals surface area contributed by atoms with Gasteiger partial charge in [-0.05, 0) is 51.7 Å². The van der Waals surface area contributed by atoms with Crippen molar-refractivity contribution in [1.29, 1.82) is 0 Å². The summed E-state index contributed by atoms with van der Waals surface area (Å²) < 4.78 is 5.20. The fourth-order valence-corrected chi connectivity index (χ4v) is 3.17. The van der Waals surface area contributed by atoms with Crippen LogP contribution >= 0.6 is 0 Å². The van der Waals surface area contributed by atoms with Crippen LogP contribution in [0.15, 0.2) is 12.1 Å². The number of carbonyl (C=O) groups excluding carboxylic acids is 1. The van der Waals surface area contributed by atoms with E-state index in [0.29, 0.717) is 17.2 Å². The summed E-state index contributed by atoms with van der Waals surface area (Å²) in [6.07, 6.45) is 4.81.